The van der Waals surface area contributed by atoms with Crippen molar-refractivity contribution in [3.63, 3.8) is 0 Å². The third-order valence-corrected chi connectivity index (χ3v) is 3.30. The van der Waals surface area contributed by atoms with Crippen molar-refractivity contribution in [2.45, 2.75) is 37.0 Å². The lowest BCUT2D eigenvalue weighted by Crippen LogP contribution is -2.51. The highest BCUT2D eigenvalue weighted by molar-refractivity contribution is 9.09. The van der Waals surface area contributed by atoms with Crippen LogP contribution in [0.25, 0.3) is 0 Å². The molecular weight excluding hydrogens is 275 g/mol. The first-order valence-electron chi connectivity index (χ1n) is 4.87. The van der Waals surface area contributed by atoms with Crippen molar-refractivity contribution >= 4 is 15.9 Å². The Hall–Kier alpha value is 0.190. The molecule has 0 aromatic rings. The van der Waals surface area contributed by atoms with Crippen molar-refractivity contribution in [1.29, 1.82) is 0 Å². The fourth-order valence-corrected chi connectivity index (χ4v) is 1.91. The Morgan fingerprint density at radius 1 is 1.47 bits per heavy atom. The van der Waals surface area contributed by atoms with E-state index in [1.165, 1.54) is 0 Å². The molecule has 2 nitrogen and oxygen atoms in total. The summed E-state index contributed by atoms with van der Waals surface area (Å²) >= 11 is 2.67. The molecule has 0 aromatic carbocycles. The van der Waals surface area contributed by atoms with E-state index in [-0.39, 0.29) is 18.7 Å². The van der Waals surface area contributed by atoms with E-state index < -0.39 is 11.0 Å². The van der Waals surface area contributed by atoms with Crippen molar-refractivity contribution in [2.75, 3.05) is 19.7 Å². The lowest BCUT2D eigenvalue weighted by Gasteiger charge is -2.38. The fourth-order valence-electron chi connectivity index (χ4n) is 1.54. The van der Waals surface area contributed by atoms with Crippen molar-refractivity contribution < 1.29 is 17.9 Å². The molecule has 0 aromatic heterocycles. The van der Waals surface area contributed by atoms with Gasteiger partial charge < -0.3 is 4.74 Å². The van der Waals surface area contributed by atoms with Gasteiger partial charge in [0, 0.05) is 19.1 Å². The maximum absolute atomic E-state index is 12.3. The Kier molecular flexibility index (Phi) is 4.43. The monoisotopic (exact) mass is 289 g/mol. The largest absolute Gasteiger partial charge is 0.402 e. The number of halogens is 4. The van der Waals surface area contributed by atoms with Gasteiger partial charge >= 0.3 is 6.18 Å². The topological polar surface area (TPSA) is 12.5 Å². The zero-order valence-electron chi connectivity index (χ0n) is 8.72. The highest BCUT2D eigenvalue weighted by Gasteiger charge is 2.40. The molecule has 1 fully saturated rings. The minimum Gasteiger partial charge on any atom is -0.376 e. The van der Waals surface area contributed by atoms with Gasteiger partial charge in [0.25, 0.3) is 0 Å². The SMILES string of the molecule is CC1CN(CC(Br)C(F)(F)F)C(C)CO1. The standard InChI is InChI=1S/C9H15BrF3NO/c1-6-5-15-7(2)3-14(6)4-8(10)9(11,12)13/h6-8H,3-5H2,1-2H3. The number of morpholine rings is 1. The molecule has 0 aliphatic carbocycles. The summed E-state index contributed by atoms with van der Waals surface area (Å²) < 4.78 is 42.3. The van der Waals surface area contributed by atoms with Crippen LogP contribution in [0.3, 0.4) is 0 Å². The second-order valence-electron chi connectivity index (χ2n) is 3.96. The Morgan fingerprint density at radius 2 is 2.07 bits per heavy atom. The van der Waals surface area contributed by atoms with Gasteiger partial charge in [0.15, 0.2) is 0 Å². The van der Waals surface area contributed by atoms with Crippen molar-refractivity contribution in [3.8, 4) is 0 Å². The molecule has 1 heterocycles. The molecule has 0 radical (unpaired) electrons. The Balaban J connectivity index is 2.49. The molecule has 3 atom stereocenters. The predicted molar refractivity (Wildman–Crippen MR) is 55.2 cm³/mol. The second kappa shape index (κ2) is 5.01. The molecule has 0 spiro atoms. The van der Waals surface area contributed by atoms with Crippen LogP contribution >= 0.6 is 15.9 Å². The first-order valence-corrected chi connectivity index (χ1v) is 5.78. The van der Waals surface area contributed by atoms with E-state index >= 15 is 0 Å². The Labute approximate surface area is 95.9 Å². The summed E-state index contributed by atoms with van der Waals surface area (Å²) in [6, 6.07) is 0.0450. The molecule has 90 valence electrons. The second-order valence-corrected chi connectivity index (χ2v) is 5.06. The molecule has 0 amide bonds. The number of alkyl halides is 4. The molecule has 15 heavy (non-hydrogen) atoms. The molecule has 1 saturated heterocycles. The maximum atomic E-state index is 12.3. The number of nitrogens with zero attached hydrogens (tertiary/aromatic N) is 1. The van der Waals surface area contributed by atoms with Crippen molar-refractivity contribution in [3.05, 3.63) is 0 Å². The molecule has 0 N–H and O–H groups in total. The summed E-state index contributed by atoms with van der Waals surface area (Å²) in [5.74, 6) is 0. The molecule has 3 unspecified atom stereocenters. The highest BCUT2D eigenvalue weighted by Crippen LogP contribution is 2.28. The van der Waals surface area contributed by atoms with E-state index in [1.807, 2.05) is 13.8 Å². The molecule has 1 rings (SSSR count). The molecule has 0 bridgehead atoms. The van der Waals surface area contributed by atoms with Crippen LogP contribution in [-0.2, 0) is 4.74 Å². The molecule has 1 aliphatic heterocycles. The van der Waals surface area contributed by atoms with Gasteiger partial charge in [0.05, 0.1) is 12.7 Å². The quantitative estimate of drug-likeness (QED) is 0.724. The first kappa shape index (κ1) is 13.3. The average Bonchev–Trinajstić information content (AvgIpc) is 2.09. The zero-order chi connectivity index (χ0) is 11.6. The minimum atomic E-state index is -4.18. The fraction of sp³-hybridized carbons (Fsp3) is 1.00. The van der Waals surface area contributed by atoms with E-state index in [2.05, 4.69) is 15.9 Å². The average molecular weight is 290 g/mol. The van der Waals surface area contributed by atoms with Gasteiger partial charge in [-0.3, -0.25) is 4.90 Å². The van der Waals surface area contributed by atoms with E-state index in [9.17, 15) is 13.2 Å². The number of hydrogen-bond donors (Lipinski definition) is 0. The van der Waals surface area contributed by atoms with Crippen LogP contribution in [0.15, 0.2) is 0 Å². The normalized spacial score (nSPS) is 31.6. The molecule has 6 heteroatoms. The summed E-state index contributed by atoms with van der Waals surface area (Å²) in [6.07, 6.45) is -4.17. The van der Waals surface area contributed by atoms with Crippen LogP contribution in [0, 0.1) is 0 Å². The van der Waals surface area contributed by atoms with Gasteiger partial charge in [-0.05, 0) is 13.8 Å². The number of ether oxygens (including phenoxy) is 1. The zero-order valence-corrected chi connectivity index (χ0v) is 10.3. The van der Waals surface area contributed by atoms with Crippen molar-refractivity contribution in [2.24, 2.45) is 0 Å². The smallest absolute Gasteiger partial charge is 0.376 e. The van der Waals surface area contributed by atoms with Crippen LogP contribution < -0.4 is 0 Å². The van der Waals surface area contributed by atoms with E-state index in [1.54, 1.807) is 4.90 Å². The van der Waals surface area contributed by atoms with Gasteiger partial charge in [0.2, 0.25) is 0 Å². The number of rotatable bonds is 2. The summed E-state index contributed by atoms with van der Waals surface area (Å²) in [5.41, 5.74) is 0. The van der Waals surface area contributed by atoms with E-state index in [0.717, 1.165) is 0 Å². The highest BCUT2D eigenvalue weighted by atomic mass is 79.9. The van der Waals surface area contributed by atoms with Gasteiger partial charge in [-0.2, -0.15) is 13.2 Å². The number of hydrogen-bond acceptors (Lipinski definition) is 2. The van der Waals surface area contributed by atoms with Crippen molar-refractivity contribution in [1.82, 2.24) is 4.90 Å². The Morgan fingerprint density at radius 3 is 2.60 bits per heavy atom. The maximum Gasteiger partial charge on any atom is 0.402 e. The van der Waals surface area contributed by atoms with Crippen LogP contribution in [-0.4, -0.2) is 47.7 Å². The Bertz CT molecular complexity index is 212. The molecular formula is C9H15BrF3NO. The molecule has 1 aliphatic rings. The third kappa shape index (κ3) is 3.92. The van der Waals surface area contributed by atoms with Crippen LogP contribution in [0.5, 0.6) is 0 Å². The van der Waals surface area contributed by atoms with Gasteiger partial charge in [0.1, 0.15) is 4.83 Å². The lowest BCUT2D eigenvalue weighted by atomic mass is 10.2. The summed E-state index contributed by atoms with van der Waals surface area (Å²) in [4.78, 5) is 0.346. The lowest BCUT2D eigenvalue weighted by molar-refractivity contribution is -0.137. The van der Waals surface area contributed by atoms with Crippen LogP contribution in [0.4, 0.5) is 13.2 Å². The predicted octanol–water partition coefficient (Wildman–Crippen LogP) is 2.42. The minimum absolute atomic E-state index is 0.00846. The van der Waals surface area contributed by atoms with Crippen LogP contribution in [0.2, 0.25) is 0 Å². The van der Waals surface area contributed by atoms with E-state index in [0.29, 0.717) is 13.2 Å². The van der Waals surface area contributed by atoms with E-state index in [4.69, 9.17) is 4.74 Å². The summed E-state index contributed by atoms with van der Waals surface area (Å²) in [5, 5.41) is 0. The van der Waals surface area contributed by atoms with Gasteiger partial charge in [-0.25, -0.2) is 0 Å². The van der Waals surface area contributed by atoms with Gasteiger partial charge in [-0.15, -0.1) is 0 Å². The summed E-state index contributed by atoms with van der Waals surface area (Å²) in [6.45, 7) is 4.79. The summed E-state index contributed by atoms with van der Waals surface area (Å²) in [7, 11) is 0. The third-order valence-electron chi connectivity index (χ3n) is 2.49. The first-order chi connectivity index (χ1) is 6.80. The van der Waals surface area contributed by atoms with Gasteiger partial charge in [-0.1, -0.05) is 15.9 Å². The van der Waals surface area contributed by atoms with Crippen LogP contribution in [0.1, 0.15) is 13.8 Å². The molecule has 0 saturated carbocycles.